The highest BCUT2D eigenvalue weighted by atomic mass is 16.4. The zero-order valence-corrected chi connectivity index (χ0v) is 14.1. The zero-order valence-electron chi connectivity index (χ0n) is 14.1. The van der Waals surface area contributed by atoms with Crippen molar-refractivity contribution in [2.45, 2.75) is 32.6 Å². The van der Waals surface area contributed by atoms with Gasteiger partial charge in [0, 0.05) is 31.4 Å². The van der Waals surface area contributed by atoms with Crippen molar-refractivity contribution >= 4 is 17.6 Å². The van der Waals surface area contributed by atoms with Gasteiger partial charge in [0.2, 0.25) is 5.91 Å². The normalized spacial score (nSPS) is 16.3. The van der Waals surface area contributed by atoms with Gasteiger partial charge in [-0.05, 0) is 37.5 Å². The van der Waals surface area contributed by atoms with Crippen molar-refractivity contribution in [1.29, 1.82) is 0 Å². The number of aryl methyl sites for hydroxylation is 2. The minimum absolute atomic E-state index is 0.0474. The summed E-state index contributed by atoms with van der Waals surface area (Å²) in [6, 6.07) is 7.25. The van der Waals surface area contributed by atoms with Gasteiger partial charge in [0.05, 0.1) is 5.69 Å². The molecule has 1 atom stereocenters. The Hall–Kier alpha value is -2.63. The fourth-order valence-electron chi connectivity index (χ4n) is 3.40. The number of rotatable bonds is 4. The fraction of sp³-hybridized carbons (Fsp3) is 0.389. The monoisotopic (exact) mass is 327 g/mol. The molecule has 1 aromatic carbocycles. The summed E-state index contributed by atoms with van der Waals surface area (Å²) in [7, 11) is 1.89. The van der Waals surface area contributed by atoms with Gasteiger partial charge in [-0.3, -0.25) is 14.3 Å². The first-order chi connectivity index (χ1) is 11.4. The van der Waals surface area contributed by atoms with Crippen LogP contribution in [0.25, 0.3) is 0 Å². The van der Waals surface area contributed by atoms with Crippen molar-refractivity contribution in [2.75, 3.05) is 11.4 Å². The highest BCUT2D eigenvalue weighted by molar-refractivity contribution is 5.99. The van der Waals surface area contributed by atoms with Crippen LogP contribution in [0.3, 0.4) is 0 Å². The van der Waals surface area contributed by atoms with Gasteiger partial charge in [-0.15, -0.1) is 0 Å². The number of fused-ring (bicyclic) bond motifs is 1. The maximum atomic E-state index is 12.7. The van der Waals surface area contributed by atoms with Crippen LogP contribution in [-0.4, -0.2) is 33.3 Å². The van der Waals surface area contributed by atoms with E-state index in [1.165, 1.54) is 0 Å². The van der Waals surface area contributed by atoms with Crippen LogP contribution in [0.5, 0.6) is 0 Å². The van der Waals surface area contributed by atoms with Crippen LogP contribution in [0.15, 0.2) is 24.3 Å². The van der Waals surface area contributed by atoms with Crippen LogP contribution in [-0.2, 0) is 23.1 Å². The Kier molecular flexibility index (Phi) is 4.13. The van der Waals surface area contributed by atoms with Gasteiger partial charge in [-0.25, -0.2) is 0 Å². The summed E-state index contributed by atoms with van der Waals surface area (Å²) in [6.45, 7) is 4.14. The van der Waals surface area contributed by atoms with Crippen LogP contribution < -0.4 is 4.90 Å². The molecule has 0 bridgehead atoms. The van der Waals surface area contributed by atoms with E-state index in [1.54, 1.807) is 11.0 Å². The number of carbonyl (C=O) groups excluding carboxylic acids is 1. The summed E-state index contributed by atoms with van der Waals surface area (Å²) in [6.07, 6.45) is 0.953. The number of benzene rings is 1. The lowest BCUT2D eigenvalue weighted by Gasteiger charge is -2.17. The number of nitrogens with zero attached hydrogens (tertiary/aromatic N) is 3. The molecule has 2 heterocycles. The van der Waals surface area contributed by atoms with Crippen molar-refractivity contribution < 1.29 is 14.7 Å². The second kappa shape index (κ2) is 6.11. The van der Waals surface area contributed by atoms with E-state index in [4.69, 9.17) is 0 Å². The number of carbonyl (C=O) groups is 2. The van der Waals surface area contributed by atoms with Crippen molar-refractivity contribution in [3.05, 3.63) is 46.8 Å². The molecule has 6 nitrogen and oxygen atoms in total. The van der Waals surface area contributed by atoms with Crippen molar-refractivity contribution in [3.63, 3.8) is 0 Å². The largest absolute Gasteiger partial charge is 0.481 e. The molecule has 0 spiro atoms. The fourth-order valence-corrected chi connectivity index (χ4v) is 3.40. The number of hydrogen-bond acceptors (Lipinski definition) is 3. The molecule has 2 aromatic rings. The molecule has 0 radical (unpaired) electrons. The van der Waals surface area contributed by atoms with E-state index < -0.39 is 11.9 Å². The lowest BCUT2D eigenvalue weighted by atomic mass is 10.0. The van der Waals surface area contributed by atoms with Crippen LogP contribution in [0.1, 0.15) is 34.9 Å². The molecule has 0 fully saturated rings. The Balaban J connectivity index is 1.78. The summed E-state index contributed by atoms with van der Waals surface area (Å²) in [4.78, 5) is 25.7. The smallest absolute Gasteiger partial charge is 0.312 e. The number of aliphatic carboxylic acids is 1. The predicted molar refractivity (Wildman–Crippen MR) is 90.2 cm³/mol. The third-order valence-electron chi connectivity index (χ3n) is 4.82. The summed E-state index contributed by atoms with van der Waals surface area (Å²) in [5.74, 6) is -1.59. The number of hydrogen-bond donors (Lipinski definition) is 1. The minimum Gasteiger partial charge on any atom is -0.481 e. The molecule has 6 heteroatoms. The van der Waals surface area contributed by atoms with Gasteiger partial charge in [-0.2, -0.15) is 5.10 Å². The van der Waals surface area contributed by atoms with E-state index in [0.29, 0.717) is 18.4 Å². The van der Waals surface area contributed by atoms with Crippen LogP contribution in [0.2, 0.25) is 0 Å². The van der Waals surface area contributed by atoms with Gasteiger partial charge in [0.15, 0.2) is 0 Å². The zero-order chi connectivity index (χ0) is 17.4. The van der Waals surface area contributed by atoms with Gasteiger partial charge in [0.25, 0.3) is 0 Å². The predicted octanol–water partition coefficient (Wildman–Crippen LogP) is 2.18. The molecule has 1 amide bonds. The number of anilines is 1. The average molecular weight is 327 g/mol. The van der Waals surface area contributed by atoms with Gasteiger partial charge in [-0.1, -0.05) is 18.2 Å². The van der Waals surface area contributed by atoms with Crippen molar-refractivity contribution in [3.8, 4) is 0 Å². The van der Waals surface area contributed by atoms with E-state index in [2.05, 4.69) is 5.10 Å². The first kappa shape index (κ1) is 16.2. The minimum atomic E-state index is -0.892. The number of carboxylic acid groups (broad SMARTS) is 1. The Morgan fingerprint density at radius 2 is 2.00 bits per heavy atom. The standard InChI is InChI=1S/C18H21N3O3/c1-11-13(12(2)20(3)19-11)8-9-17(22)21-10-15(18(23)24)14-6-4-5-7-16(14)21/h4-7,15H,8-10H2,1-3H3,(H,23,24). The molecule has 1 unspecified atom stereocenters. The first-order valence-corrected chi connectivity index (χ1v) is 8.01. The average Bonchev–Trinajstić information content (AvgIpc) is 3.04. The second-order valence-corrected chi connectivity index (χ2v) is 6.23. The maximum Gasteiger partial charge on any atom is 0.312 e. The number of para-hydroxylation sites is 1. The van der Waals surface area contributed by atoms with Crippen LogP contribution >= 0.6 is 0 Å². The molecular weight excluding hydrogens is 306 g/mol. The maximum absolute atomic E-state index is 12.7. The van der Waals surface area contributed by atoms with E-state index in [9.17, 15) is 14.7 Å². The van der Waals surface area contributed by atoms with E-state index in [0.717, 1.165) is 22.6 Å². The van der Waals surface area contributed by atoms with E-state index >= 15 is 0 Å². The molecule has 126 valence electrons. The molecule has 0 saturated heterocycles. The molecule has 0 saturated carbocycles. The Labute approximate surface area is 140 Å². The first-order valence-electron chi connectivity index (χ1n) is 8.01. The summed E-state index contributed by atoms with van der Waals surface area (Å²) < 4.78 is 1.82. The second-order valence-electron chi connectivity index (χ2n) is 6.23. The highest BCUT2D eigenvalue weighted by Gasteiger charge is 2.36. The molecular formula is C18H21N3O3. The van der Waals surface area contributed by atoms with Crippen molar-refractivity contribution in [1.82, 2.24) is 9.78 Å². The number of carboxylic acids is 1. The van der Waals surface area contributed by atoms with Crippen LogP contribution in [0.4, 0.5) is 5.69 Å². The van der Waals surface area contributed by atoms with E-state index in [-0.39, 0.29) is 12.5 Å². The highest BCUT2D eigenvalue weighted by Crippen LogP contribution is 2.36. The Morgan fingerprint density at radius 3 is 2.62 bits per heavy atom. The van der Waals surface area contributed by atoms with Gasteiger partial charge in [0.1, 0.15) is 5.92 Å². The quantitative estimate of drug-likeness (QED) is 0.934. The number of aromatic nitrogens is 2. The summed E-state index contributed by atoms with van der Waals surface area (Å²) in [5.41, 5.74) is 4.52. The summed E-state index contributed by atoms with van der Waals surface area (Å²) >= 11 is 0. The molecule has 24 heavy (non-hydrogen) atoms. The molecule has 1 aromatic heterocycles. The Bertz CT molecular complexity index is 810. The third-order valence-corrected chi connectivity index (χ3v) is 4.82. The number of amides is 1. The third kappa shape index (κ3) is 2.68. The molecule has 1 N–H and O–H groups in total. The van der Waals surface area contributed by atoms with E-state index in [1.807, 2.05) is 43.8 Å². The SMILES string of the molecule is Cc1nn(C)c(C)c1CCC(=O)N1CC(C(=O)O)c2ccccc21. The summed E-state index contributed by atoms with van der Waals surface area (Å²) in [5, 5.41) is 13.8. The molecule has 1 aliphatic rings. The topological polar surface area (TPSA) is 75.4 Å². The van der Waals surface area contributed by atoms with Crippen molar-refractivity contribution in [2.24, 2.45) is 7.05 Å². The van der Waals surface area contributed by atoms with Gasteiger partial charge < -0.3 is 10.0 Å². The molecule has 1 aliphatic heterocycles. The van der Waals surface area contributed by atoms with Crippen LogP contribution in [0, 0.1) is 13.8 Å². The lowest BCUT2D eigenvalue weighted by Crippen LogP contribution is -2.31. The molecule has 3 rings (SSSR count). The lowest BCUT2D eigenvalue weighted by molar-refractivity contribution is -0.138. The van der Waals surface area contributed by atoms with Gasteiger partial charge >= 0.3 is 5.97 Å². The Morgan fingerprint density at radius 1 is 1.29 bits per heavy atom. The molecule has 0 aliphatic carbocycles.